The van der Waals surface area contributed by atoms with Crippen molar-refractivity contribution in [3.8, 4) is 0 Å². The molecule has 0 aromatic heterocycles. The first kappa shape index (κ1) is 24.0. The summed E-state index contributed by atoms with van der Waals surface area (Å²) in [4.78, 5) is 4.60. The van der Waals surface area contributed by atoms with Crippen molar-refractivity contribution < 1.29 is 17.9 Å². The Morgan fingerprint density at radius 2 is 1.53 bits per heavy atom. The summed E-state index contributed by atoms with van der Waals surface area (Å²) < 4.78 is 47.1. The summed E-state index contributed by atoms with van der Waals surface area (Å²) in [5.74, 6) is 0.239. The van der Waals surface area contributed by atoms with E-state index in [0.717, 1.165) is 28.1 Å². The largest absolute Gasteiger partial charge is 0.469 e. The van der Waals surface area contributed by atoms with Crippen molar-refractivity contribution in [1.82, 2.24) is 0 Å². The normalized spacial score (nSPS) is 19.3. The molecule has 0 spiro atoms. The van der Waals surface area contributed by atoms with Crippen LogP contribution in [0.4, 0.5) is 13.2 Å². The van der Waals surface area contributed by atoms with Gasteiger partial charge in [-0.25, -0.2) is 4.99 Å². The molecule has 6 heteroatoms. The summed E-state index contributed by atoms with van der Waals surface area (Å²) in [5, 5.41) is 2.86. The van der Waals surface area contributed by atoms with Gasteiger partial charge in [0.2, 0.25) is 5.90 Å². The van der Waals surface area contributed by atoms with Crippen LogP contribution in [0, 0.1) is 0 Å². The Morgan fingerprint density at radius 3 is 1.91 bits per heavy atom. The Morgan fingerprint density at radius 1 is 1.03 bits per heavy atom. The zero-order valence-electron chi connectivity index (χ0n) is 18.6. The van der Waals surface area contributed by atoms with Crippen LogP contribution in [0.3, 0.4) is 0 Å². The molecule has 2 aromatic rings. The van der Waals surface area contributed by atoms with E-state index in [2.05, 4.69) is 11.6 Å². The molecular weight excluding hydrogens is 430 g/mol. The van der Waals surface area contributed by atoms with Crippen molar-refractivity contribution in [3.63, 3.8) is 0 Å². The Hall–Kier alpha value is -2.65. The molecule has 32 heavy (non-hydrogen) atoms. The van der Waals surface area contributed by atoms with Gasteiger partial charge >= 0.3 is 6.18 Å². The lowest BCUT2D eigenvalue weighted by atomic mass is 10.0. The van der Waals surface area contributed by atoms with E-state index in [9.17, 15) is 13.2 Å². The van der Waals surface area contributed by atoms with Gasteiger partial charge in [-0.1, -0.05) is 73.3 Å². The van der Waals surface area contributed by atoms with E-state index in [-0.39, 0.29) is 11.9 Å². The second-order valence-corrected chi connectivity index (χ2v) is 10.5. The maximum atomic E-state index is 13.7. The van der Waals surface area contributed by atoms with Crippen LogP contribution < -0.4 is 10.6 Å². The lowest BCUT2D eigenvalue weighted by Crippen LogP contribution is -2.31. The zero-order valence-corrected chi connectivity index (χ0v) is 19.5. The van der Waals surface area contributed by atoms with Crippen molar-refractivity contribution in [2.75, 3.05) is 0 Å². The van der Waals surface area contributed by atoms with E-state index in [4.69, 9.17) is 4.74 Å². The average molecular weight is 457 g/mol. The first-order valence-electron chi connectivity index (χ1n) is 10.3. The van der Waals surface area contributed by atoms with E-state index >= 15 is 0 Å². The smallest absolute Gasteiger partial charge is 0.416 e. The summed E-state index contributed by atoms with van der Waals surface area (Å²) in [6.07, 6.45) is -2.57. The van der Waals surface area contributed by atoms with Gasteiger partial charge in [0.1, 0.15) is 5.60 Å². The van der Waals surface area contributed by atoms with Gasteiger partial charge in [-0.3, -0.25) is 0 Å². The van der Waals surface area contributed by atoms with Crippen LogP contribution in [0.1, 0.15) is 27.7 Å². The summed E-state index contributed by atoms with van der Waals surface area (Å²) >= 11 is 0. The minimum atomic E-state index is -4.53. The maximum Gasteiger partial charge on any atom is 0.416 e. The molecule has 2 aromatic carbocycles. The first-order chi connectivity index (χ1) is 15.0. The van der Waals surface area contributed by atoms with Gasteiger partial charge < -0.3 is 4.74 Å². The number of aliphatic imine (C=N–C) groups is 1. The van der Waals surface area contributed by atoms with Crippen LogP contribution >= 0.6 is 7.92 Å². The second-order valence-electron chi connectivity index (χ2n) is 8.12. The minimum absolute atomic E-state index is 0.188. The Labute approximate surface area is 189 Å². The molecule has 1 aliphatic rings. The maximum absolute atomic E-state index is 13.7. The molecule has 0 bridgehead atoms. The molecular formula is C26H27F3NOP. The first-order valence-corrected chi connectivity index (χ1v) is 11.7. The Kier molecular flexibility index (Phi) is 7.09. The van der Waals surface area contributed by atoms with Crippen LogP contribution in [-0.2, 0) is 4.74 Å². The molecule has 0 amide bonds. The van der Waals surface area contributed by atoms with Crippen LogP contribution in [-0.4, -0.2) is 23.7 Å². The average Bonchev–Trinajstić information content (AvgIpc) is 3.01. The summed E-state index contributed by atoms with van der Waals surface area (Å²) in [7, 11) is -1.11. The molecule has 0 fully saturated rings. The lowest BCUT2D eigenvalue weighted by Gasteiger charge is -2.25. The number of allylic oxidation sites excluding steroid dienone is 3. The van der Waals surface area contributed by atoms with E-state index in [1.807, 2.05) is 88.4 Å². The third-order valence-corrected chi connectivity index (χ3v) is 8.05. The van der Waals surface area contributed by atoms with E-state index in [1.54, 1.807) is 0 Å². The van der Waals surface area contributed by atoms with E-state index in [0.29, 0.717) is 5.57 Å². The molecule has 1 heterocycles. The topological polar surface area (TPSA) is 21.6 Å². The number of ether oxygens (including phenoxy) is 1. The number of halogens is 3. The van der Waals surface area contributed by atoms with E-state index < -0.39 is 25.3 Å². The molecule has 0 aliphatic carbocycles. The monoisotopic (exact) mass is 457 g/mol. The molecule has 0 radical (unpaired) electrons. The SMILES string of the molecule is C=C/C(=C\C(C1=NC(C)C(C)(C)O1)=C(/C)P(c1ccccc1)c1ccccc1)C(F)(F)F. The van der Waals surface area contributed by atoms with Gasteiger partial charge in [0, 0.05) is 5.57 Å². The third kappa shape index (κ3) is 5.21. The predicted octanol–water partition coefficient (Wildman–Crippen LogP) is 6.66. The molecule has 1 unspecified atom stereocenters. The molecule has 3 rings (SSSR count). The fourth-order valence-electron chi connectivity index (χ4n) is 3.36. The fraction of sp³-hybridized carbons (Fsp3) is 0.269. The molecule has 1 aliphatic heterocycles. The molecule has 168 valence electrons. The second kappa shape index (κ2) is 9.46. The van der Waals surface area contributed by atoms with Gasteiger partial charge in [0.15, 0.2) is 0 Å². The Bertz CT molecular complexity index is 1010. The minimum Gasteiger partial charge on any atom is -0.469 e. The Balaban J connectivity index is 2.28. The van der Waals surface area contributed by atoms with Gasteiger partial charge in [-0.2, -0.15) is 13.2 Å². The van der Waals surface area contributed by atoms with Crippen LogP contribution in [0.15, 0.2) is 101 Å². The molecule has 0 saturated heterocycles. The van der Waals surface area contributed by atoms with Gasteiger partial charge in [0.25, 0.3) is 0 Å². The number of hydrogen-bond acceptors (Lipinski definition) is 2. The summed E-state index contributed by atoms with van der Waals surface area (Å²) in [5.41, 5.74) is -1.08. The summed E-state index contributed by atoms with van der Waals surface area (Å²) in [6, 6.07) is 19.4. The lowest BCUT2D eigenvalue weighted by molar-refractivity contribution is -0.0881. The van der Waals surface area contributed by atoms with Crippen LogP contribution in [0.2, 0.25) is 0 Å². The van der Waals surface area contributed by atoms with Crippen molar-refractivity contribution in [1.29, 1.82) is 0 Å². The number of benzene rings is 2. The molecule has 0 saturated carbocycles. The van der Waals surface area contributed by atoms with Gasteiger partial charge in [0.05, 0.1) is 11.6 Å². The van der Waals surface area contributed by atoms with Gasteiger partial charge in [-0.15, -0.1) is 0 Å². The number of rotatable bonds is 6. The van der Waals surface area contributed by atoms with Gasteiger partial charge in [-0.05, 0) is 57.6 Å². The standard InChI is InChI=1S/C26H27F3NOP/c1-6-20(26(27,28)29)17-23(24-30-19(3)25(4,5)31-24)18(2)32(21-13-9-7-10-14-21)22-15-11-8-12-16-22/h6-17,19H,1H2,2-5H3/b20-17+,23-18-. The molecule has 1 atom stereocenters. The highest BCUT2D eigenvalue weighted by Gasteiger charge is 2.38. The van der Waals surface area contributed by atoms with Crippen LogP contribution in [0.5, 0.6) is 0 Å². The highest BCUT2D eigenvalue weighted by Crippen LogP contribution is 2.46. The molecule has 2 nitrogen and oxygen atoms in total. The fourth-order valence-corrected chi connectivity index (χ4v) is 5.77. The zero-order chi connectivity index (χ0) is 23.5. The van der Waals surface area contributed by atoms with Crippen molar-refractivity contribution in [2.45, 2.75) is 45.5 Å². The van der Waals surface area contributed by atoms with Crippen LogP contribution in [0.25, 0.3) is 0 Å². The molecule has 0 N–H and O–H groups in total. The van der Waals surface area contributed by atoms with E-state index in [1.165, 1.54) is 0 Å². The highest BCUT2D eigenvalue weighted by molar-refractivity contribution is 7.76. The number of hydrogen-bond donors (Lipinski definition) is 0. The predicted molar refractivity (Wildman–Crippen MR) is 128 cm³/mol. The van der Waals surface area contributed by atoms with Crippen molar-refractivity contribution in [3.05, 3.63) is 95.9 Å². The van der Waals surface area contributed by atoms with Crippen molar-refractivity contribution >= 4 is 24.4 Å². The number of nitrogens with zero attached hydrogens (tertiary/aromatic N) is 1. The quantitative estimate of drug-likeness (QED) is 0.351. The number of alkyl halides is 3. The third-order valence-electron chi connectivity index (χ3n) is 5.51. The highest BCUT2D eigenvalue weighted by atomic mass is 31.1. The summed E-state index contributed by atoms with van der Waals surface area (Å²) in [6.45, 7) is 10.9. The van der Waals surface area contributed by atoms with Crippen molar-refractivity contribution in [2.24, 2.45) is 4.99 Å².